The predicted octanol–water partition coefficient (Wildman–Crippen LogP) is 4.23. The number of imide groups is 1. The zero-order valence-corrected chi connectivity index (χ0v) is 14.8. The van der Waals surface area contributed by atoms with Crippen molar-refractivity contribution in [2.24, 2.45) is 0 Å². The molecule has 3 rings (SSSR count). The lowest BCUT2D eigenvalue weighted by atomic mass is 10.1. The monoisotopic (exact) mass is 432 g/mol. The molecule has 0 spiro atoms. The molecule has 0 radical (unpaired) electrons. The molecule has 1 saturated heterocycles. The van der Waals surface area contributed by atoms with Gasteiger partial charge in [-0.25, -0.2) is 8.91 Å². The molecule has 0 aliphatic carbocycles. The quantitative estimate of drug-likeness (QED) is 0.292. The van der Waals surface area contributed by atoms with E-state index in [9.17, 15) is 9.59 Å². The van der Waals surface area contributed by atoms with Crippen molar-refractivity contribution in [1.82, 2.24) is 8.91 Å². The van der Waals surface area contributed by atoms with Gasteiger partial charge >= 0.3 is 0 Å². The van der Waals surface area contributed by atoms with E-state index >= 15 is 0 Å². The Hall–Kier alpha value is -0.980. The molecule has 1 aromatic carbocycles. The Labute approximate surface area is 143 Å². The van der Waals surface area contributed by atoms with Crippen LogP contribution in [0.2, 0.25) is 5.15 Å². The molecule has 7 heteroatoms. The standard InChI is InChI=1S/C10H7BrClN.C4H4BrNO2/c11-6-7-1-3-9-8(5-7)2-4-10(12)13-9;5-6-3(7)1-2-4(6)8/h1-5H,6H2;1-2H2. The molecule has 0 bridgehead atoms. The summed E-state index contributed by atoms with van der Waals surface area (Å²) in [5.74, 6) is -0.287. The SMILES string of the molecule is Clc1ccc2cc(CBr)ccc2n1.O=C1CCC(=O)N1Br. The minimum Gasteiger partial charge on any atom is -0.274 e. The van der Waals surface area contributed by atoms with Gasteiger partial charge in [0, 0.05) is 23.6 Å². The second-order valence-corrected chi connectivity index (χ2v) is 6.02. The highest BCUT2D eigenvalue weighted by Crippen LogP contribution is 2.18. The molecular weight excluding hydrogens is 423 g/mol. The summed E-state index contributed by atoms with van der Waals surface area (Å²) in [4.78, 5) is 25.1. The molecule has 0 atom stereocenters. The van der Waals surface area contributed by atoms with Gasteiger partial charge < -0.3 is 0 Å². The number of aromatic nitrogens is 1. The molecule has 1 fully saturated rings. The highest BCUT2D eigenvalue weighted by molar-refractivity contribution is 9.08. The third kappa shape index (κ3) is 4.25. The number of amides is 2. The first-order valence-corrected chi connectivity index (χ1v) is 8.35. The molecule has 110 valence electrons. The van der Waals surface area contributed by atoms with Crippen LogP contribution in [0.1, 0.15) is 18.4 Å². The Morgan fingerprint density at radius 2 is 1.81 bits per heavy atom. The first-order chi connectivity index (χ1) is 10.0. The molecule has 0 saturated carbocycles. The highest BCUT2D eigenvalue weighted by Gasteiger charge is 2.26. The molecule has 1 aromatic heterocycles. The van der Waals surface area contributed by atoms with Crippen molar-refractivity contribution in [3.63, 3.8) is 0 Å². The number of carbonyl (C=O) groups is 2. The summed E-state index contributed by atoms with van der Waals surface area (Å²) in [6, 6.07) is 9.92. The average molecular weight is 435 g/mol. The minimum atomic E-state index is -0.144. The molecule has 0 N–H and O–H groups in total. The summed E-state index contributed by atoms with van der Waals surface area (Å²) in [6.45, 7) is 0. The van der Waals surface area contributed by atoms with Crippen LogP contribution in [0.4, 0.5) is 0 Å². The van der Waals surface area contributed by atoms with Gasteiger partial charge in [-0.05, 0) is 29.8 Å². The maximum Gasteiger partial charge on any atom is 0.239 e. The van der Waals surface area contributed by atoms with Crippen LogP contribution in [-0.2, 0) is 14.9 Å². The largest absolute Gasteiger partial charge is 0.274 e. The lowest BCUT2D eigenvalue weighted by Crippen LogP contribution is -2.16. The van der Waals surface area contributed by atoms with E-state index in [0.717, 1.165) is 20.2 Å². The molecule has 2 amide bonds. The maximum atomic E-state index is 10.4. The number of nitrogens with zero attached hydrogens (tertiary/aromatic N) is 2. The topological polar surface area (TPSA) is 50.3 Å². The van der Waals surface area contributed by atoms with Gasteiger partial charge in [0.25, 0.3) is 0 Å². The number of hydrogen-bond donors (Lipinski definition) is 0. The highest BCUT2D eigenvalue weighted by atomic mass is 79.9. The van der Waals surface area contributed by atoms with Crippen LogP contribution in [-0.4, -0.2) is 20.7 Å². The fourth-order valence-corrected chi connectivity index (χ4v) is 2.64. The fourth-order valence-electron chi connectivity index (χ4n) is 1.78. The zero-order chi connectivity index (χ0) is 15.4. The van der Waals surface area contributed by atoms with E-state index in [1.807, 2.05) is 24.3 Å². The van der Waals surface area contributed by atoms with Crippen molar-refractivity contribution >= 4 is 66.4 Å². The van der Waals surface area contributed by atoms with E-state index < -0.39 is 0 Å². The lowest BCUT2D eigenvalue weighted by Gasteiger charge is -1.99. The smallest absolute Gasteiger partial charge is 0.239 e. The molecule has 1 aliphatic rings. The number of halogens is 3. The Morgan fingerprint density at radius 1 is 1.14 bits per heavy atom. The van der Waals surface area contributed by atoms with Crippen LogP contribution in [0.25, 0.3) is 10.9 Å². The summed E-state index contributed by atoms with van der Waals surface area (Å²) < 4.78 is 0.979. The van der Waals surface area contributed by atoms with Gasteiger partial charge in [-0.1, -0.05) is 33.6 Å². The van der Waals surface area contributed by atoms with Crippen molar-refractivity contribution in [2.45, 2.75) is 18.2 Å². The molecule has 2 aromatic rings. The number of hydrogen-bond acceptors (Lipinski definition) is 3. The summed E-state index contributed by atoms with van der Waals surface area (Å²) in [6.07, 6.45) is 0.703. The second kappa shape index (κ2) is 7.33. The van der Waals surface area contributed by atoms with E-state index in [2.05, 4.69) is 43.1 Å². The third-order valence-electron chi connectivity index (χ3n) is 2.86. The van der Waals surface area contributed by atoms with Gasteiger partial charge in [0.05, 0.1) is 21.7 Å². The van der Waals surface area contributed by atoms with Crippen LogP contribution in [0.3, 0.4) is 0 Å². The summed E-state index contributed by atoms with van der Waals surface area (Å²) >= 11 is 12.0. The number of rotatable bonds is 1. The number of carbonyl (C=O) groups excluding carboxylic acids is 2. The minimum absolute atomic E-state index is 0.144. The Balaban J connectivity index is 0.000000173. The molecular formula is C14H11Br2ClN2O2. The van der Waals surface area contributed by atoms with Gasteiger partial charge in [-0.2, -0.15) is 0 Å². The first kappa shape index (κ1) is 16.4. The van der Waals surface area contributed by atoms with E-state index in [0.29, 0.717) is 18.0 Å². The Kier molecular flexibility index (Phi) is 5.72. The van der Waals surface area contributed by atoms with Gasteiger partial charge in [0.1, 0.15) is 5.15 Å². The summed E-state index contributed by atoms with van der Waals surface area (Å²) in [5.41, 5.74) is 2.19. The van der Waals surface area contributed by atoms with Gasteiger partial charge in [-0.3, -0.25) is 9.59 Å². The third-order valence-corrected chi connectivity index (χ3v) is 4.51. The lowest BCUT2D eigenvalue weighted by molar-refractivity contribution is -0.131. The molecule has 21 heavy (non-hydrogen) atoms. The van der Waals surface area contributed by atoms with Crippen molar-refractivity contribution < 1.29 is 9.59 Å². The number of alkyl halides is 1. The molecule has 0 unspecified atom stereocenters. The van der Waals surface area contributed by atoms with Crippen LogP contribution < -0.4 is 0 Å². The van der Waals surface area contributed by atoms with Gasteiger partial charge in [-0.15, -0.1) is 0 Å². The van der Waals surface area contributed by atoms with Crippen LogP contribution in [0.5, 0.6) is 0 Å². The van der Waals surface area contributed by atoms with E-state index in [-0.39, 0.29) is 11.8 Å². The Bertz CT molecular complexity index is 678. The fraction of sp³-hybridized carbons (Fsp3) is 0.214. The van der Waals surface area contributed by atoms with Crippen LogP contribution >= 0.6 is 43.7 Å². The van der Waals surface area contributed by atoms with Crippen molar-refractivity contribution in [3.8, 4) is 0 Å². The maximum absolute atomic E-state index is 10.4. The second-order valence-electron chi connectivity index (χ2n) is 4.36. The van der Waals surface area contributed by atoms with Crippen LogP contribution in [0, 0.1) is 0 Å². The van der Waals surface area contributed by atoms with Crippen molar-refractivity contribution in [2.75, 3.05) is 0 Å². The average Bonchev–Trinajstić information content (AvgIpc) is 2.78. The van der Waals surface area contributed by atoms with E-state index in [1.54, 1.807) is 0 Å². The molecule has 1 aliphatic heterocycles. The summed E-state index contributed by atoms with van der Waals surface area (Å²) in [5, 5.41) is 2.53. The predicted molar refractivity (Wildman–Crippen MR) is 89.4 cm³/mol. The Morgan fingerprint density at radius 3 is 2.33 bits per heavy atom. The summed E-state index contributed by atoms with van der Waals surface area (Å²) in [7, 11) is 0. The number of fused-ring (bicyclic) bond motifs is 1. The first-order valence-electron chi connectivity index (χ1n) is 6.14. The van der Waals surface area contributed by atoms with Gasteiger partial charge in [0.15, 0.2) is 0 Å². The van der Waals surface area contributed by atoms with E-state index in [1.165, 1.54) is 5.56 Å². The molecule has 2 heterocycles. The number of pyridine rings is 1. The van der Waals surface area contributed by atoms with E-state index in [4.69, 9.17) is 11.6 Å². The normalized spacial score (nSPS) is 14.3. The zero-order valence-electron chi connectivity index (χ0n) is 10.9. The number of benzene rings is 1. The van der Waals surface area contributed by atoms with Gasteiger partial charge in [0.2, 0.25) is 11.8 Å². The van der Waals surface area contributed by atoms with Crippen molar-refractivity contribution in [3.05, 3.63) is 41.0 Å². The van der Waals surface area contributed by atoms with Crippen LogP contribution in [0.15, 0.2) is 30.3 Å². The molecule has 4 nitrogen and oxygen atoms in total. The van der Waals surface area contributed by atoms with Crippen molar-refractivity contribution in [1.29, 1.82) is 0 Å².